The molecular formula is C15H30N2O. The molecular weight excluding hydrogens is 224 g/mol. The normalized spacial score (nSPS) is 30.2. The van der Waals surface area contributed by atoms with Crippen molar-refractivity contribution < 1.29 is 4.74 Å². The van der Waals surface area contributed by atoms with E-state index in [4.69, 9.17) is 4.74 Å². The third-order valence-corrected chi connectivity index (χ3v) is 4.12. The first-order valence-electron chi connectivity index (χ1n) is 7.67. The highest BCUT2D eigenvalue weighted by atomic mass is 16.5. The molecule has 2 unspecified atom stereocenters. The SMILES string of the molecule is CC(C)(C)NCCCN1CCOC2CCCCC21. The van der Waals surface area contributed by atoms with E-state index in [0.29, 0.717) is 12.1 Å². The van der Waals surface area contributed by atoms with Crippen LogP contribution in [0.1, 0.15) is 52.9 Å². The molecule has 1 aliphatic carbocycles. The Hall–Kier alpha value is -0.120. The van der Waals surface area contributed by atoms with Crippen molar-refractivity contribution in [1.82, 2.24) is 10.2 Å². The molecule has 0 amide bonds. The summed E-state index contributed by atoms with van der Waals surface area (Å²) < 4.78 is 5.92. The Balaban J connectivity index is 1.71. The number of fused-ring (bicyclic) bond motifs is 1. The van der Waals surface area contributed by atoms with Gasteiger partial charge >= 0.3 is 0 Å². The van der Waals surface area contributed by atoms with Crippen LogP contribution >= 0.6 is 0 Å². The molecule has 18 heavy (non-hydrogen) atoms. The number of morpholine rings is 1. The molecule has 0 bridgehead atoms. The highest BCUT2D eigenvalue weighted by molar-refractivity contribution is 4.87. The van der Waals surface area contributed by atoms with Gasteiger partial charge in [-0.25, -0.2) is 0 Å². The van der Waals surface area contributed by atoms with Crippen LogP contribution in [0.4, 0.5) is 0 Å². The second-order valence-corrected chi connectivity index (χ2v) is 6.83. The molecule has 106 valence electrons. The monoisotopic (exact) mass is 254 g/mol. The summed E-state index contributed by atoms with van der Waals surface area (Å²) >= 11 is 0. The smallest absolute Gasteiger partial charge is 0.0730 e. The highest BCUT2D eigenvalue weighted by Crippen LogP contribution is 2.28. The predicted molar refractivity (Wildman–Crippen MR) is 75.9 cm³/mol. The lowest BCUT2D eigenvalue weighted by atomic mass is 9.90. The van der Waals surface area contributed by atoms with Crippen LogP contribution in [0.3, 0.4) is 0 Å². The molecule has 0 aromatic carbocycles. The standard InChI is InChI=1S/C15H30N2O/c1-15(2,3)16-9-6-10-17-11-12-18-14-8-5-4-7-13(14)17/h13-14,16H,4-12H2,1-3H3. The van der Waals surface area contributed by atoms with Crippen LogP contribution in [0, 0.1) is 0 Å². The first kappa shape index (κ1) is 14.3. The maximum Gasteiger partial charge on any atom is 0.0730 e. The van der Waals surface area contributed by atoms with Crippen LogP contribution in [0.5, 0.6) is 0 Å². The van der Waals surface area contributed by atoms with Gasteiger partial charge in [-0.15, -0.1) is 0 Å². The number of nitrogens with zero attached hydrogens (tertiary/aromatic N) is 1. The number of hydrogen-bond donors (Lipinski definition) is 1. The number of rotatable bonds is 4. The molecule has 2 aliphatic rings. The minimum atomic E-state index is 0.248. The summed E-state index contributed by atoms with van der Waals surface area (Å²) in [5.74, 6) is 0. The molecule has 1 N–H and O–H groups in total. The predicted octanol–water partition coefficient (Wildman–Crippen LogP) is 2.41. The average Bonchev–Trinajstić information content (AvgIpc) is 2.33. The van der Waals surface area contributed by atoms with Crippen LogP contribution in [-0.4, -0.2) is 48.8 Å². The van der Waals surface area contributed by atoms with E-state index in [0.717, 1.165) is 19.7 Å². The van der Waals surface area contributed by atoms with Crippen molar-refractivity contribution in [3.05, 3.63) is 0 Å². The van der Waals surface area contributed by atoms with Gasteiger partial charge in [-0.05, 0) is 53.1 Å². The third kappa shape index (κ3) is 4.22. The van der Waals surface area contributed by atoms with Crippen LogP contribution in [-0.2, 0) is 4.74 Å². The fraction of sp³-hybridized carbons (Fsp3) is 1.00. The minimum absolute atomic E-state index is 0.248. The minimum Gasteiger partial charge on any atom is -0.375 e. The third-order valence-electron chi connectivity index (χ3n) is 4.12. The second-order valence-electron chi connectivity index (χ2n) is 6.83. The first-order chi connectivity index (χ1) is 8.56. The molecule has 0 aromatic rings. The molecule has 2 atom stereocenters. The van der Waals surface area contributed by atoms with Crippen LogP contribution in [0.15, 0.2) is 0 Å². The molecule has 2 fully saturated rings. The van der Waals surface area contributed by atoms with E-state index in [1.54, 1.807) is 0 Å². The molecule has 2 rings (SSSR count). The van der Waals surface area contributed by atoms with Gasteiger partial charge in [-0.3, -0.25) is 4.90 Å². The van der Waals surface area contributed by atoms with Crippen molar-refractivity contribution in [2.45, 2.75) is 70.6 Å². The van der Waals surface area contributed by atoms with Crippen LogP contribution in [0.25, 0.3) is 0 Å². The summed E-state index contributed by atoms with van der Waals surface area (Å²) in [4.78, 5) is 2.68. The second kappa shape index (κ2) is 6.36. The van der Waals surface area contributed by atoms with Crippen LogP contribution in [0.2, 0.25) is 0 Å². The topological polar surface area (TPSA) is 24.5 Å². The average molecular weight is 254 g/mol. The number of nitrogens with one attached hydrogen (secondary N) is 1. The van der Waals surface area contributed by atoms with Crippen molar-refractivity contribution in [3.8, 4) is 0 Å². The molecule has 0 aromatic heterocycles. The van der Waals surface area contributed by atoms with Crippen molar-refractivity contribution >= 4 is 0 Å². The Bertz CT molecular complexity index is 247. The Morgan fingerprint density at radius 1 is 1.22 bits per heavy atom. The Morgan fingerprint density at radius 2 is 2.00 bits per heavy atom. The summed E-state index contributed by atoms with van der Waals surface area (Å²) in [6.07, 6.45) is 7.16. The fourth-order valence-corrected chi connectivity index (χ4v) is 3.20. The zero-order valence-electron chi connectivity index (χ0n) is 12.4. The van der Waals surface area contributed by atoms with Gasteiger partial charge in [-0.1, -0.05) is 12.8 Å². The van der Waals surface area contributed by atoms with E-state index < -0.39 is 0 Å². The van der Waals surface area contributed by atoms with Gasteiger partial charge in [0, 0.05) is 18.1 Å². The molecule has 1 aliphatic heterocycles. The van der Waals surface area contributed by atoms with Crippen molar-refractivity contribution in [3.63, 3.8) is 0 Å². The number of ether oxygens (including phenoxy) is 1. The Morgan fingerprint density at radius 3 is 2.78 bits per heavy atom. The lowest BCUT2D eigenvalue weighted by Crippen LogP contribution is -2.53. The van der Waals surface area contributed by atoms with Crippen molar-refractivity contribution in [1.29, 1.82) is 0 Å². The van der Waals surface area contributed by atoms with Gasteiger partial charge in [0.1, 0.15) is 0 Å². The van der Waals surface area contributed by atoms with Crippen LogP contribution < -0.4 is 5.32 Å². The van der Waals surface area contributed by atoms with Crippen molar-refractivity contribution in [2.24, 2.45) is 0 Å². The van der Waals surface area contributed by atoms with Crippen molar-refractivity contribution in [2.75, 3.05) is 26.2 Å². The fourth-order valence-electron chi connectivity index (χ4n) is 3.20. The van der Waals surface area contributed by atoms with E-state index in [1.807, 2.05) is 0 Å². The van der Waals surface area contributed by atoms with E-state index in [2.05, 4.69) is 31.0 Å². The maximum atomic E-state index is 5.92. The first-order valence-corrected chi connectivity index (χ1v) is 7.67. The molecule has 1 saturated heterocycles. The quantitative estimate of drug-likeness (QED) is 0.780. The Kier molecular flexibility index (Phi) is 5.05. The summed E-state index contributed by atoms with van der Waals surface area (Å²) in [5.41, 5.74) is 0.248. The van der Waals surface area contributed by atoms with E-state index in [1.165, 1.54) is 38.6 Å². The molecule has 0 radical (unpaired) electrons. The van der Waals surface area contributed by atoms with Gasteiger partial charge in [0.15, 0.2) is 0 Å². The maximum absolute atomic E-state index is 5.92. The molecule has 3 heteroatoms. The van der Waals surface area contributed by atoms with Gasteiger partial charge in [0.2, 0.25) is 0 Å². The lowest BCUT2D eigenvalue weighted by molar-refractivity contribution is -0.0881. The lowest BCUT2D eigenvalue weighted by Gasteiger charge is -2.44. The van der Waals surface area contributed by atoms with Gasteiger partial charge in [0.05, 0.1) is 12.7 Å². The van der Waals surface area contributed by atoms with Gasteiger partial charge in [-0.2, -0.15) is 0 Å². The summed E-state index contributed by atoms with van der Waals surface area (Å²) in [6.45, 7) is 11.1. The largest absolute Gasteiger partial charge is 0.375 e. The summed E-state index contributed by atoms with van der Waals surface area (Å²) in [7, 11) is 0. The zero-order valence-corrected chi connectivity index (χ0v) is 12.4. The highest BCUT2D eigenvalue weighted by Gasteiger charge is 2.33. The Labute approximate surface area is 112 Å². The van der Waals surface area contributed by atoms with Gasteiger partial charge < -0.3 is 10.1 Å². The molecule has 1 saturated carbocycles. The van der Waals surface area contributed by atoms with Gasteiger partial charge in [0.25, 0.3) is 0 Å². The molecule has 0 spiro atoms. The molecule has 1 heterocycles. The van der Waals surface area contributed by atoms with E-state index in [-0.39, 0.29) is 5.54 Å². The summed E-state index contributed by atoms with van der Waals surface area (Å²) in [5, 5.41) is 3.58. The van der Waals surface area contributed by atoms with E-state index in [9.17, 15) is 0 Å². The summed E-state index contributed by atoms with van der Waals surface area (Å²) in [6, 6.07) is 0.710. The van der Waals surface area contributed by atoms with E-state index >= 15 is 0 Å². The zero-order chi connectivity index (χ0) is 13.0. The number of hydrogen-bond acceptors (Lipinski definition) is 3. The molecule has 3 nitrogen and oxygen atoms in total.